The van der Waals surface area contributed by atoms with Crippen molar-refractivity contribution < 1.29 is 23.8 Å². The van der Waals surface area contributed by atoms with Gasteiger partial charge in [-0.1, -0.05) is 18.2 Å². The van der Waals surface area contributed by atoms with Crippen molar-refractivity contribution >= 4 is 17.5 Å². The first-order valence-electron chi connectivity index (χ1n) is 12.9. The number of carbonyl (C=O) groups excluding carboxylic acids is 2. The Morgan fingerprint density at radius 2 is 1.57 bits per heavy atom. The van der Waals surface area contributed by atoms with Gasteiger partial charge in [-0.2, -0.15) is 0 Å². The zero-order valence-electron chi connectivity index (χ0n) is 21.5. The molecule has 2 amide bonds. The molecule has 0 spiro atoms. The summed E-state index contributed by atoms with van der Waals surface area (Å²) >= 11 is 0. The van der Waals surface area contributed by atoms with Crippen LogP contribution in [0, 0.1) is 0 Å². The molecule has 0 bridgehead atoms. The Hall–Kier alpha value is -4.00. The number of nitrogens with one attached hydrogen (secondary N) is 1. The topological polar surface area (TPSA) is 77.1 Å². The Morgan fingerprint density at radius 3 is 2.27 bits per heavy atom. The molecule has 2 heterocycles. The minimum atomic E-state index is -0.591. The minimum Gasteiger partial charge on any atom is -0.494 e. The quantitative estimate of drug-likeness (QED) is 0.451. The van der Waals surface area contributed by atoms with Gasteiger partial charge in [-0.3, -0.25) is 9.59 Å². The fourth-order valence-electron chi connectivity index (χ4n) is 5.38. The number of anilines is 1. The van der Waals surface area contributed by atoms with Crippen molar-refractivity contribution in [3.8, 4) is 17.2 Å². The molecule has 3 aromatic carbocycles. The molecule has 0 aliphatic carbocycles. The number of carbonyl (C=O) groups is 2. The van der Waals surface area contributed by atoms with Crippen LogP contribution in [0.2, 0.25) is 0 Å². The Labute approximate surface area is 217 Å². The number of hydrogen-bond donors (Lipinski definition) is 1. The zero-order valence-corrected chi connectivity index (χ0v) is 21.5. The molecule has 2 aliphatic rings. The molecule has 0 unspecified atom stereocenters. The second-order valence-electron chi connectivity index (χ2n) is 9.07. The van der Waals surface area contributed by atoms with Crippen LogP contribution in [-0.4, -0.2) is 43.1 Å². The average Bonchev–Trinajstić information content (AvgIpc) is 2.91. The third-order valence-corrected chi connectivity index (χ3v) is 6.90. The second kappa shape index (κ2) is 10.5. The SMILES string of the molecule is CCOc1ccc(NC(=O)[C@H]2c3ccccc3C(=O)N3CCc4cc(OCC)c(OCC)cc4[C@@H]23)cc1. The molecule has 37 heavy (non-hydrogen) atoms. The summed E-state index contributed by atoms with van der Waals surface area (Å²) in [5.74, 6) is 1.25. The fraction of sp³-hybridized carbons (Fsp3) is 0.333. The van der Waals surface area contributed by atoms with E-state index < -0.39 is 12.0 Å². The lowest BCUT2D eigenvalue weighted by atomic mass is 9.75. The number of amides is 2. The van der Waals surface area contributed by atoms with Gasteiger partial charge >= 0.3 is 0 Å². The van der Waals surface area contributed by atoms with Crippen molar-refractivity contribution in [1.82, 2.24) is 4.90 Å². The summed E-state index contributed by atoms with van der Waals surface area (Å²) in [6.45, 7) is 7.90. The number of fused-ring (bicyclic) bond motifs is 4. The normalized spacial score (nSPS) is 17.8. The third kappa shape index (κ3) is 4.61. The van der Waals surface area contributed by atoms with E-state index in [0.717, 1.165) is 22.4 Å². The maximum absolute atomic E-state index is 14.0. The number of nitrogens with zero attached hydrogens (tertiary/aromatic N) is 1. The third-order valence-electron chi connectivity index (χ3n) is 6.90. The molecule has 2 atom stereocenters. The maximum atomic E-state index is 14.0. The zero-order chi connectivity index (χ0) is 25.9. The number of rotatable bonds is 8. The molecular formula is C30H32N2O5. The van der Waals surface area contributed by atoms with E-state index in [1.165, 1.54) is 0 Å². The van der Waals surface area contributed by atoms with E-state index in [1.807, 2.05) is 86.3 Å². The van der Waals surface area contributed by atoms with Gasteiger partial charge in [0.15, 0.2) is 11.5 Å². The van der Waals surface area contributed by atoms with Crippen LogP contribution < -0.4 is 19.5 Å². The van der Waals surface area contributed by atoms with Gasteiger partial charge in [-0.25, -0.2) is 0 Å². The molecule has 0 saturated carbocycles. The summed E-state index contributed by atoms with van der Waals surface area (Å²) in [6.07, 6.45) is 0.680. The highest BCUT2D eigenvalue weighted by atomic mass is 16.5. The fourth-order valence-corrected chi connectivity index (χ4v) is 5.38. The first-order valence-corrected chi connectivity index (χ1v) is 12.9. The van der Waals surface area contributed by atoms with Crippen LogP contribution in [0.25, 0.3) is 0 Å². The van der Waals surface area contributed by atoms with E-state index in [1.54, 1.807) is 0 Å². The van der Waals surface area contributed by atoms with Crippen LogP contribution in [0.15, 0.2) is 60.7 Å². The van der Waals surface area contributed by atoms with Gasteiger partial charge in [-0.05, 0) is 86.3 Å². The minimum absolute atomic E-state index is 0.0526. The van der Waals surface area contributed by atoms with E-state index in [-0.39, 0.29) is 11.8 Å². The smallest absolute Gasteiger partial charge is 0.254 e. The van der Waals surface area contributed by atoms with Gasteiger partial charge in [0.25, 0.3) is 5.91 Å². The van der Waals surface area contributed by atoms with Crippen LogP contribution in [0.4, 0.5) is 5.69 Å². The van der Waals surface area contributed by atoms with Crippen molar-refractivity contribution in [2.75, 3.05) is 31.7 Å². The van der Waals surface area contributed by atoms with Gasteiger partial charge in [0.1, 0.15) is 5.75 Å². The number of ether oxygens (including phenoxy) is 3. The lowest BCUT2D eigenvalue weighted by molar-refractivity contribution is -0.119. The summed E-state index contributed by atoms with van der Waals surface area (Å²) in [5, 5.41) is 3.08. The highest BCUT2D eigenvalue weighted by Gasteiger charge is 2.46. The molecule has 0 radical (unpaired) electrons. The molecule has 0 saturated heterocycles. The number of hydrogen-bond acceptors (Lipinski definition) is 5. The molecule has 3 aromatic rings. The van der Waals surface area contributed by atoms with Gasteiger partial charge in [-0.15, -0.1) is 0 Å². The second-order valence-corrected chi connectivity index (χ2v) is 9.07. The van der Waals surface area contributed by atoms with E-state index >= 15 is 0 Å². The average molecular weight is 501 g/mol. The molecule has 0 aromatic heterocycles. The van der Waals surface area contributed by atoms with Crippen molar-refractivity contribution in [1.29, 1.82) is 0 Å². The molecule has 192 valence electrons. The number of benzene rings is 3. The van der Waals surface area contributed by atoms with E-state index in [2.05, 4.69) is 5.32 Å². The monoisotopic (exact) mass is 500 g/mol. The van der Waals surface area contributed by atoms with Gasteiger partial charge in [0.2, 0.25) is 5.91 Å². The lowest BCUT2D eigenvalue weighted by Gasteiger charge is -2.45. The lowest BCUT2D eigenvalue weighted by Crippen LogP contribution is -2.49. The van der Waals surface area contributed by atoms with Crippen LogP contribution in [0.3, 0.4) is 0 Å². The van der Waals surface area contributed by atoms with E-state index in [0.29, 0.717) is 55.5 Å². The van der Waals surface area contributed by atoms with E-state index in [4.69, 9.17) is 14.2 Å². The summed E-state index contributed by atoms with van der Waals surface area (Å²) in [6, 6.07) is 18.3. The highest BCUT2D eigenvalue weighted by Crippen LogP contribution is 2.48. The predicted octanol–water partition coefficient (Wildman–Crippen LogP) is 5.36. The van der Waals surface area contributed by atoms with Crippen LogP contribution in [0.5, 0.6) is 17.2 Å². The Bertz CT molecular complexity index is 1300. The first-order chi connectivity index (χ1) is 18.0. The van der Waals surface area contributed by atoms with Gasteiger partial charge in [0, 0.05) is 17.8 Å². The van der Waals surface area contributed by atoms with Crippen LogP contribution >= 0.6 is 0 Å². The van der Waals surface area contributed by atoms with Crippen LogP contribution in [0.1, 0.15) is 59.8 Å². The van der Waals surface area contributed by atoms with Crippen LogP contribution in [-0.2, 0) is 11.2 Å². The Balaban J connectivity index is 1.58. The molecule has 5 rings (SSSR count). The largest absolute Gasteiger partial charge is 0.494 e. The summed E-state index contributed by atoms with van der Waals surface area (Å²) < 4.78 is 17.3. The van der Waals surface area contributed by atoms with Gasteiger partial charge < -0.3 is 24.4 Å². The van der Waals surface area contributed by atoms with Crippen molar-refractivity contribution in [2.24, 2.45) is 0 Å². The predicted molar refractivity (Wildman–Crippen MR) is 142 cm³/mol. The Kier molecular flexibility index (Phi) is 7.04. The van der Waals surface area contributed by atoms with E-state index in [9.17, 15) is 9.59 Å². The van der Waals surface area contributed by atoms with Gasteiger partial charge in [0.05, 0.1) is 31.8 Å². The first kappa shape index (κ1) is 24.7. The molecule has 2 aliphatic heterocycles. The van der Waals surface area contributed by atoms with Crippen molar-refractivity contribution in [3.05, 3.63) is 82.9 Å². The standard InChI is InChI=1S/C30H32N2O5/c1-4-35-21-13-11-20(12-14-21)31-29(33)27-22-9-7-8-10-23(22)30(34)32-16-15-19-17-25(36-5-2)26(37-6-3)18-24(19)28(27)32/h7-14,17-18,27-28H,4-6,15-16H2,1-3H3,(H,31,33)/t27-,28-/m0/s1. The maximum Gasteiger partial charge on any atom is 0.254 e. The Morgan fingerprint density at radius 1 is 0.892 bits per heavy atom. The summed E-state index contributed by atoms with van der Waals surface area (Å²) in [7, 11) is 0. The molecule has 0 fully saturated rings. The van der Waals surface area contributed by atoms with Crippen molar-refractivity contribution in [3.63, 3.8) is 0 Å². The van der Waals surface area contributed by atoms with Crippen molar-refractivity contribution in [2.45, 2.75) is 39.2 Å². The highest BCUT2D eigenvalue weighted by molar-refractivity contribution is 6.04. The molecule has 1 N–H and O–H groups in total. The molecule has 7 nitrogen and oxygen atoms in total. The summed E-state index contributed by atoms with van der Waals surface area (Å²) in [5.41, 5.74) is 3.97. The molecule has 7 heteroatoms. The summed E-state index contributed by atoms with van der Waals surface area (Å²) in [4.78, 5) is 29.4. The molecular weight excluding hydrogens is 468 g/mol.